The molecule has 0 saturated carbocycles. The van der Waals surface area contributed by atoms with Crippen molar-refractivity contribution in [2.75, 3.05) is 13.1 Å². The number of amides is 1. The molecule has 0 unspecified atom stereocenters. The molecule has 0 bridgehead atoms. The SMILES string of the molecule is O=C(NCc1cccnc1)[C@H]1CCCN(S(=O)(=O)c2cc(Cl)ccc2Cl)C1. The predicted molar refractivity (Wildman–Crippen MR) is 104 cm³/mol. The Bertz CT molecular complexity index is 923. The first-order valence-electron chi connectivity index (χ1n) is 8.50. The van der Waals surface area contributed by atoms with Crippen molar-refractivity contribution in [2.45, 2.75) is 24.3 Å². The number of carbonyl (C=O) groups excluding carboxylic acids is 1. The smallest absolute Gasteiger partial charge is 0.244 e. The van der Waals surface area contributed by atoms with Gasteiger partial charge in [-0.3, -0.25) is 9.78 Å². The number of halogens is 2. The second kappa shape index (κ2) is 8.56. The van der Waals surface area contributed by atoms with Gasteiger partial charge in [-0.05, 0) is 42.7 Å². The van der Waals surface area contributed by atoms with E-state index < -0.39 is 15.9 Å². The molecule has 0 aliphatic carbocycles. The van der Waals surface area contributed by atoms with Gasteiger partial charge in [0.15, 0.2) is 0 Å². The van der Waals surface area contributed by atoms with E-state index in [9.17, 15) is 13.2 Å². The molecular formula is C18H19Cl2N3O3S. The molecule has 1 aliphatic rings. The first-order valence-corrected chi connectivity index (χ1v) is 10.7. The van der Waals surface area contributed by atoms with Gasteiger partial charge in [-0.25, -0.2) is 8.42 Å². The summed E-state index contributed by atoms with van der Waals surface area (Å²) >= 11 is 12.0. The summed E-state index contributed by atoms with van der Waals surface area (Å²) in [5.74, 6) is -0.584. The summed E-state index contributed by atoms with van der Waals surface area (Å²) in [5, 5.41) is 3.26. The molecule has 3 rings (SSSR count). The minimum absolute atomic E-state index is 0.0342. The molecule has 144 valence electrons. The highest BCUT2D eigenvalue weighted by molar-refractivity contribution is 7.89. The van der Waals surface area contributed by atoms with Crippen molar-refractivity contribution in [3.8, 4) is 0 Å². The van der Waals surface area contributed by atoms with Crippen molar-refractivity contribution in [3.05, 3.63) is 58.3 Å². The van der Waals surface area contributed by atoms with E-state index in [1.54, 1.807) is 18.5 Å². The molecule has 1 fully saturated rings. The number of hydrogen-bond donors (Lipinski definition) is 1. The Labute approximate surface area is 168 Å². The van der Waals surface area contributed by atoms with Crippen molar-refractivity contribution in [3.63, 3.8) is 0 Å². The Morgan fingerprint density at radius 3 is 2.85 bits per heavy atom. The first kappa shape index (κ1) is 20.1. The Morgan fingerprint density at radius 2 is 2.11 bits per heavy atom. The number of aromatic nitrogens is 1. The number of sulfonamides is 1. The minimum atomic E-state index is -3.82. The first-order chi connectivity index (χ1) is 12.9. The van der Waals surface area contributed by atoms with Gasteiger partial charge in [0.2, 0.25) is 15.9 Å². The average Bonchev–Trinajstić information content (AvgIpc) is 2.68. The highest BCUT2D eigenvalue weighted by Crippen LogP contribution is 2.30. The zero-order valence-corrected chi connectivity index (χ0v) is 16.8. The summed E-state index contributed by atoms with van der Waals surface area (Å²) in [5.41, 5.74) is 0.886. The van der Waals surface area contributed by atoms with Crippen LogP contribution in [0.1, 0.15) is 18.4 Å². The molecule has 1 amide bonds. The van der Waals surface area contributed by atoms with Gasteiger partial charge in [0, 0.05) is 37.1 Å². The van der Waals surface area contributed by atoms with E-state index >= 15 is 0 Å². The van der Waals surface area contributed by atoms with Crippen LogP contribution in [0.3, 0.4) is 0 Å². The fourth-order valence-corrected chi connectivity index (χ4v) is 5.29. The molecule has 27 heavy (non-hydrogen) atoms. The molecule has 1 aliphatic heterocycles. The van der Waals surface area contributed by atoms with Crippen LogP contribution in [0.5, 0.6) is 0 Å². The molecule has 0 spiro atoms. The van der Waals surface area contributed by atoms with Gasteiger partial charge in [-0.2, -0.15) is 4.31 Å². The number of hydrogen-bond acceptors (Lipinski definition) is 4. The summed E-state index contributed by atoms with van der Waals surface area (Å²) < 4.78 is 27.2. The maximum Gasteiger partial charge on any atom is 0.244 e. The highest BCUT2D eigenvalue weighted by Gasteiger charge is 2.34. The second-order valence-electron chi connectivity index (χ2n) is 6.36. The van der Waals surface area contributed by atoms with Gasteiger partial charge in [0.05, 0.1) is 10.9 Å². The molecule has 1 N–H and O–H groups in total. The van der Waals surface area contributed by atoms with E-state index in [-0.39, 0.29) is 22.4 Å². The fraction of sp³-hybridized carbons (Fsp3) is 0.333. The molecule has 0 radical (unpaired) electrons. The van der Waals surface area contributed by atoms with Crippen LogP contribution in [0.4, 0.5) is 0 Å². The lowest BCUT2D eigenvalue weighted by Crippen LogP contribution is -2.45. The summed E-state index contributed by atoms with van der Waals surface area (Å²) in [6.07, 6.45) is 4.58. The van der Waals surface area contributed by atoms with E-state index in [0.29, 0.717) is 31.0 Å². The molecule has 1 aromatic heterocycles. The minimum Gasteiger partial charge on any atom is -0.352 e. The number of benzene rings is 1. The van der Waals surface area contributed by atoms with Crippen LogP contribution in [0, 0.1) is 5.92 Å². The van der Waals surface area contributed by atoms with Gasteiger partial charge in [0.25, 0.3) is 0 Å². The third-order valence-corrected chi connectivity index (χ3v) is 7.04. The van der Waals surface area contributed by atoms with Gasteiger partial charge < -0.3 is 5.32 Å². The third-order valence-electron chi connectivity index (χ3n) is 4.46. The van der Waals surface area contributed by atoms with Gasteiger partial charge in [0.1, 0.15) is 4.90 Å². The second-order valence-corrected chi connectivity index (χ2v) is 9.11. The molecule has 2 heterocycles. The van der Waals surface area contributed by atoms with Crippen molar-refractivity contribution < 1.29 is 13.2 Å². The monoisotopic (exact) mass is 427 g/mol. The van der Waals surface area contributed by atoms with Crippen LogP contribution in [0.25, 0.3) is 0 Å². The number of piperidine rings is 1. The Kier molecular flexibility index (Phi) is 6.37. The number of pyridine rings is 1. The lowest BCUT2D eigenvalue weighted by atomic mass is 9.99. The van der Waals surface area contributed by atoms with Crippen LogP contribution in [-0.2, 0) is 21.4 Å². The molecule has 1 atom stereocenters. The van der Waals surface area contributed by atoms with Crippen molar-refractivity contribution in [2.24, 2.45) is 5.92 Å². The molecule has 1 saturated heterocycles. The molecular weight excluding hydrogens is 409 g/mol. The van der Waals surface area contributed by atoms with E-state index in [2.05, 4.69) is 10.3 Å². The van der Waals surface area contributed by atoms with E-state index in [0.717, 1.165) is 5.56 Å². The molecule has 6 nitrogen and oxygen atoms in total. The molecule has 9 heteroatoms. The number of rotatable bonds is 5. The normalized spacial score (nSPS) is 18.2. The Balaban J connectivity index is 1.69. The van der Waals surface area contributed by atoms with Crippen molar-refractivity contribution >= 4 is 39.1 Å². The zero-order chi connectivity index (χ0) is 19.4. The maximum atomic E-state index is 13.0. The summed E-state index contributed by atoms with van der Waals surface area (Å²) in [7, 11) is -3.82. The quantitative estimate of drug-likeness (QED) is 0.794. The lowest BCUT2D eigenvalue weighted by molar-refractivity contribution is -0.126. The number of nitrogens with zero attached hydrogens (tertiary/aromatic N) is 2. The summed E-state index contributed by atoms with van der Waals surface area (Å²) in [4.78, 5) is 16.5. The zero-order valence-electron chi connectivity index (χ0n) is 14.4. The molecule has 2 aromatic rings. The predicted octanol–water partition coefficient (Wildman–Crippen LogP) is 3.11. The maximum absolute atomic E-state index is 13.0. The third kappa shape index (κ3) is 4.79. The van der Waals surface area contributed by atoms with E-state index in [1.807, 2.05) is 6.07 Å². The summed E-state index contributed by atoms with van der Waals surface area (Å²) in [6, 6.07) is 8.00. The van der Waals surface area contributed by atoms with Gasteiger partial charge >= 0.3 is 0 Å². The lowest BCUT2D eigenvalue weighted by Gasteiger charge is -2.31. The van der Waals surface area contributed by atoms with Crippen molar-refractivity contribution in [1.82, 2.24) is 14.6 Å². The van der Waals surface area contributed by atoms with Crippen molar-refractivity contribution in [1.29, 1.82) is 0 Å². The topological polar surface area (TPSA) is 79.4 Å². The number of carbonyl (C=O) groups is 1. The largest absolute Gasteiger partial charge is 0.352 e. The van der Waals surface area contributed by atoms with Gasteiger partial charge in [-0.1, -0.05) is 29.3 Å². The fourth-order valence-electron chi connectivity index (χ4n) is 3.02. The summed E-state index contributed by atoms with van der Waals surface area (Å²) in [6.45, 7) is 0.817. The van der Waals surface area contributed by atoms with Crippen LogP contribution in [0.2, 0.25) is 10.0 Å². The Morgan fingerprint density at radius 1 is 1.30 bits per heavy atom. The van der Waals surface area contributed by atoms with Crippen LogP contribution < -0.4 is 5.32 Å². The molecule has 1 aromatic carbocycles. The van der Waals surface area contributed by atoms with Crippen LogP contribution >= 0.6 is 23.2 Å². The Hall–Kier alpha value is -1.67. The van der Waals surface area contributed by atoms with Gasteiger partial charge in [-0.15, -0.1) is 0 Å². The van der Waals surface area contributed by atoms with E-state index in [1.165, 1.54) is 22.5 Å². The van der Waals surface area contributed by atoms with Crippen LogP contribution in [-0.4, -0.2) is 36.7 Å². The number of nitrogens with one attached hydrogen (secondary N) is 1. The standard InChI is InChI=1S/C18H19Cl2N3O3S/c19-15-5-6-16(20)17(9-15)27(25,26)23-8-2-4-14(12-23)18(24)22-11-13-3-1-7-21-10-13/h1,3,5-7,9-10,14H,2,4,8,11-12H2,(H,22,24)/t14-/m0/s1. The average molecular weight is 428 g/mol. The van der Waals surface area contributed by atoms with Crippen LogP contribution in [0.15, 0.2) is 47.6 Å². The van der Waals surface area contributed by atoms with E-state index in [4.69, 9.17) is 23.2 Å². The highest BCUT2D eigenvalue weighted by atomic mass is 35.5.